The van der Waals surface area contributed by atoms with E-state index in [2.05, 4.69) is 38.5 Å². The number of aromatic nitrogens is 1. The van der Waals surface area contributed by atoms with Crippen LogP contribution in [0.2, 0.25) is 0 Å². The largest absolute Gasteiger partial charge is 0.396 e. The van der Waals surface area contributed by atoms with Crippen LogP contribution in [0, 0.1) is 5.92 Å². The Morgan fingerprint density at radius 2 is 2.16 bits per heavy atom. The van der Waals surface area contributed by atoms with Gasteiger partial charge in [0.05, 0.1) is 5.69 Å². The molecule has 0 amide bonds. The highest BCUT2D eigenvalue weighted by Crippen LogP contribution is 2.13. The molecule has 1 saturated heterocycles. The van der Waals surface area contributed by atoms with Crippen LogP contribution in [0.15, 0.2) is 29.4 Å². The van der Waals surface area contributed by atoms with Crippen molar-refractivity contribution in [2.45, 2.75) is 39.3 Å². The third-order valence-corrected chi connectivity index (χ3v) is 4.26. The highest BCUT2D eigenvalue weighted by atomic mass is 127. The van der Waals surface area contributed by atoms with Gasteiger partial charge in [-0.25, -0.2) is 0 Å². The number of hydrogen-bond donors (Lipinski definition) is 3. The number of halogens is 1. The topological polar surface area (TPSA) is 72.8 Å². The molecule has 2 rings (SSSR count). The minimum atomic E-state index is 0. The number of nitrogens with one attached hydrogen (secondary N) is 2. The van der Waals surface area contributed by atoms with E-state index >= 15 is 0 Å². The van der Waals surface area contributed by atoms with Gasteiger partial charge >= 0.3 is 0 Å². The Labute approximate surface area is 168 Å². The van der Waals surface area contributed by atoms with Gasteiger partial charge in [0.1, 0.15) is 0 Å². The Kier molecular flexibility index (Phi) is 11.0. The van der Waals surface area contributed by atoms with Gasteiger partial charge in [-0.05, 0) is 37.8 Å². The fourth-order valence-electron chi connectivity index (χ4n) is 2.77. The first-order valence-corrected chi connectivity index (χ1v) is 8.99. The van der Waals surface area contributed by atoms with Gasteiger partial charge in [-0.15, -0.1) is 24.0 Å². The number of aliphatic imine (C=N–C) groups is 1. The molecule has 3 N–H and O–H groups in total. The molecular formula is C18H32IN5O. The van der Waals surface area contributed by atoms with E-state index in [4.69, 9.17) is 5.11 Å². The Morgan fingerprint density at radius 3 is 2.76 bits per heavy atom. The number of guanidine groups is 1. The summed E-state index contributed by atoms with van der Waals surface area (Å²) in [6, 6.07) is 6.54. The van der Waals surface area contributed by atoms with Gasteiger partial charge in [-0.1, -0.05) is 13.0 Å². The van der Waals surface area contributed by atoms with E-state index in [9.17, 15) is 0 Å². The molecule has 0 bridgehead atoms. The normalized spacial score (nSPS) is 17.6. The molecule has 1 aliphatic rings. The van der Waals surface area contributed by atoms with Crippen molar-refractivity contribution in [3.63, 3.8) is 0 Å². The number of hydrogen-bond acceptors (Lipinski definition) is 4. The Bertz CT molecular complexity index is 491. The van der Waals surface area contributed by atoms with E-state index < -0.39 is 0 Å². The average molecular weight is 461 g/mol. The Morgan fingerprint density at radius 1 is 1.40 bits per heavy atom. The maximum Gasteiger partial charge on any atom is 0.191 e. The van der Waals surface area contributed by atoms with Gasteiger partial charge in [0.25, 0.3) is 0 Å². The maximum absolute atomic E-state index is 9.13. The highest BCUT2D eigenvalue weighted by Gasteiger charge is 2.20. The van der Waals surface area contributed by atoms with Crippen LogP contribution < -0.4 is 10.6 Å². The lowest BCUT2D eigenvalue weighted by atomic mass is 10.0. The summed E-state index contributed by atoms with van der Waals surface area (Å²) in [5.74, 6) is 1.06. The monoisotopic (exact) mass is 461 g/mol. The van der Waals surface area contributed by atoms with Crippen LogP contribution in [0.25, 0.3) is 0 Å². The minimum Gasteiger partial charge on any atom is -0.396 e. The van der Waals surface area contributed by atoms with Crippen LogP contribution in [0.3, 0.4) is 0 Å². The Balaban J connectivity index is 0.00000312. The summed E-state index contributed by atoms with van der Waals surface area (Å²) < 4.78 is 0. The van der Waals surface area contributed by atoms with Crippen LogP contribution in [-0.2, 0) is 6.54 Å². The number of piperidine rings is 1. The van der Waals surface area contributed by atoms with Gasteiger partial charge in [-0.3, -0.25) is 14.9 Å². The molecule has 0 aliphatic carbocycles. The quantitative estimate of drug-likeness (QED) is 0.329. The number of nitrogens with zero attached hydrogens (tertiary/aromatic N) is 3. The van der Waals surface area contributed by atoms with Crippen molar-refractivity contribution in [1.29, 1.82) is 0 Å². The van der Waals surface area contributed by atoms with Gasteiger partial charge in [0, 0.05) is 51.6 Å². The molecule has 0 saturated carbocycles. The lowest BCUT2D eigenvalue weighted by Gasteiger charge is -2.32. The fraction of sp³-hybridized carbons (Fsp3) is 0.667. The lowest BCUT2D eigenvalue weighted by molar-refractivity contribution is 0.196. The van der Waals surface area contributed by atoms with E-state index in [0.717, 1.165) is 50.7 Å². The van der Waals surface area contributed by atoms with Crippen molar-refractivity contribution in [1.82, 2.24) is 20.5 Å². The van der Waals surface area contributed by atoms with Crippen LogP contribution >= 0.6 is 24.0 Å². The van der Waals surface area contributed by atoms with E-state index in [0.29, 0.717) is 12.6 Å². The average Bonchev–Trinajstić information content (AvgIpc) is 2.62. The third kappa shape index (κ3) is 8.33. The second-order valence-electron chi connectivity index (χ2n) is 6.52. The zero-order chi connectivity index (χ0) is 17.2. The molecule has 0 spiro atoms. The van der Waals surface area contributed by atoms with Crippen LogP contribution in [0.1, 0.15) is 32.4 Å². The van der Waals surface area contributed by atoms with Gasteiger partial charge < -0.3 is 15.7 Å². The zero-order valence-electron chi connectivity index (χ0n) is 15.3. The molecular weight excluding hydrogens is 429 g/mol. The van der Waals surface area contributed by atoms with Gasteiger partial charge in [0.15, 0.2) is 5.96 Å². The molecule has 25 heavy (non-hydrogen) atoms. The summed E-state index contributed by atoms with van der Waals surface area (Å²) in [7, 11) is 0. The molecule has 0 radical (unpaired) electrons. The van der Waals surface area contributed by atoms with Crippen molar-refractivity contribution in [2.75, 3.05) is 32.8 Å². The Hall–Kier alpha value is -0.930. The first-order valence-electron chi connectivity index (χ1n) is 8.99. The molecule has 1 aliphatic heterocycles. The summed E-state index contributed by atoms with van der Waals surface area (Å²) in [5.41, 5.74) is 1.14. The molecule has 2 heterocycles. The zero-order valence-corrected chi connectivity index (χ0v) is 17.6. The third-order valence-electron chi connectivity index (χ3n) is 4.26. The van der Waals surface area contributed by atoms with Crippen molar-refractivity contribution >= 4 is 29.9 Å². The lowest BCUT2D eigenvalue weighted by Crippen LogP contribution is -2.48. The first-order chi connectivity index (χ1) is 11.7. The summed E-state index contributed by atoms with van der Waals surface area (Å²) in [6.07, 6.45) is 4.07. The summed E-state index contributed by atoms with van der Waals surface area (Å²) in [5, 5.41) is 16.0. The van der Waals surface area contributed by atoms with Crippen molar-refractivity contribution in [3.8, 4) is 0 Å². The van der Waals surface area contributed by atoms with E-state index in [1.807, 2.05) is 25.3 Å². The van der Waals surface area contributed by atoms with Crippen LogP contribution in [-0.4, -0.2) is 59.8 Å². The predicted molar refractivity (Wildman–Crippen MR) is 113 cm³/mol. The summed E-state index contributed by atoms with van der Waals surface area (Å²) in [6.45, 7) is 8.81. The molecule has 0 aromatic carbocycles. The molecule has 7 heteroatoms. The van der Waals surface area contributed by atoms with Crippen LogP contribution in [0.4, 0.5) is 0 Å². The molecule has 1 aromatic heterocycles. The number of aliphatic hydroxyl groups excluding tert-OH is 1. The predicted octanol–water partition coefficient (Wildman–Crippen LogP) is 1.85. The first kappa shape index (κ1) is 22.1. The minimum absolute atomic E-state index is 0. The highest BCUT2D eigenvalue weighted by molar-refractivity contribution is 14.0. The fourth-order valence-corrected chi connectivity index (χ4v) is 2.77. The summed E-state index contributed by atoms with van der Waals surface area (Å²) in [4.78, 5) is 11.4. The standard InChI is InChI=1S/C18H31N5O.HI/c1-3-19-18(21-12-15(2)14-24)22-16-7-10-23(11-8-16)13-17-6-4-5-9-20-17;/h4-6,9,15-16,24H,3,7-8,10-14H2,1-2H3,(H2,19,21,22);1H. The SMILES string of the molecule is CCNC(=NCC(C)CO)NC1CCN(Cc2ccccn2)CC1.I. The molecule has 1 aromatic rings. The number of rotatable bonds is 7. The molecule has 1 fully saturated rings. The second-order valence-corrected chi connectivity index (χ2v) is 6.52. The smallest absolute Gasteiger partial charge is 0.191 e. The number of pyridine rings is 1. The van der Waals surface area contributed by atoms with Crippen molar-refractivity contribution < 1.29 is 5.11 Å². The van der Waals surface area contributed by atoms with Crippen molar-refractivity contribution in [3.05, 3.63) is 30.1 Å². The van der Waals surface area contributed by atoms with Crippen LogP contribution in [0.5, 0.6) is 0 Å². The van der Waals surface area contributed by atoms with E-state index in [-0.39, 0.29) is 36.5 Å². The van der Waals surface area contributed by atoms with Gasteiger partial charge in [0.2, 0.25) is 0 Å². The number of likely N-dealkylation sites (tertiary alicyclic amines) is 1. The number of aliphatic hydroxyl groups is 1. The molecule has 6 nitrogen and oxygen atoms in total. The molecule has 1 unspecified atom stereocenters. The molecule has 1 atom stereocenters. The summed E-state index contributed by atoms with van der Waals surface area (Å²) >= 11 is 0. The van der Waals surface area contributed by atoms with E-state index in [1.54, 1.807) is 0 Å². The van der Waals surface area contributed by atoms with Crippen molar-refractivity contribution in [2.24, 2.45) is 10.9 Å². The molecule has 142 valence electrons. The van der Waals surface area contributed by atoms with E-state index in [1.165, 1.54) is 0 Å². The van der Waals surface area contributed by atoms with Gasteiger partial charge in [-0.2, -0.15) is 0 Å². The maximum atomic E-state index is 9.13. The second kappa shape index (κ2) is 12.4.